The Labute approximate surface area is 193 Å². The number of rotatable bonds is 4. The molecule has 31 heavy (non-hydrogen) atoms. The van der Waals surface area contributed by atoms with Crippen LogP contribution in [0.2, 0.25) is 0 Å². The molecule has 5 aromatic rings. The van der Waals surface area contributed by atoms with E-state index in [9.17, 15) is 4.79 Å². The highest BCUT2D eigenvalue weighted by Gasteiger charge is 2.25. The van der Waals surface area contributed by atoms with Crippen molar-refractivity contribution >= 4 is 38.0 Å². The van der Waals surface area contributed by atoms with Gasteiger partial charge in [-0.1, -0.05) is 87.7 Å². The lowest BCUT2D eigenvalue weighted by Gasteiger charge is -2.09. The van der Waals surface area contributed by atoms with Crippen molar-refractivity contribution in [1.29, 1.82) is 0 Å². The number of ketones is 1. The summed E-state index contributed by atoms with van der Waals surface area (Å²) in [4.78, 5) is 19.2. The third-order valence-electron chi connectivity index (χ3n) is 5.37. The number of benzene rings is 3. The second-order valence-electron chi connectivity index (χ2n) is 7.59. The minimum absolute atomic E-state index is 0.0891. The first-order valence-corrected chi connectivity index (χ1v) is 11.6. The smallest absolute Gasteiger partial charge is 0.214 e. The summed E-state index contributed by atoms with van der Waals surface area (Å²) in [6.07, 6.45) is 0. The molecule has 0 amide bonds. The number of thiazole rings is 1. The number of nitrogens with zero attached hydrogens (tertiary/aromatic N) is 2. The van der Waals surface area contributed by atoms with E-state index in [1.54, 1.807) is 11.3 Å². The van der Waals surface area contributed by atoms with Crippen molar-refractivity contribution in [2.75, 3.05) is 0 Å². The number of carbonyl (C=O) groups is 1. The molecule has 3 aromatic carbocycles. The Balaban J connectivity index is 1.79. The fraction of sp³-hybridized carbons (Fsp3) is 0.0769. The van der Waals surface area contributed by atoms with Crippen molar-refractivity contribution in [1.82, 2.24) is 9.38 Å². The zero-order chi connectivity index (χ0) is 21.5. The number of aryl methyl sites for hydroxylation is 2. The molecule has 0 saturated carbocycles. The topological polar surface area (TPSA) is 34.4 Å². The van der Waals surface area contributed by atoms with E-state index in [1.807, 2.05) is 24.3 Å². The predicted octanol–water partition coefficient (Wildman–Crippen LogP) is 7.34. The molecule has 0 saturated heterocycles. The second kappa shape index (κ2) is 7.91. The largest absolute Gasteiger partial charge is 0.287 e. The van der Waals surface area contributed by atoms with Gasteiger partial charge >= 0.3 is 0 Å². The van der Waals surface area contributed by atoms with Crippen LogP contribution in [0.4, 0.5) is 0 Å². The minimum Gasteiger partial charge on any atom is -0.287 e. The first-order chi connectivity index (χ1) is 15.0. The molecule has 2 heterocycles. The summed E-state index contributed by atoms with van der Waals surface area (Å²) in [5.74, 6) is -0.0891. The lowest BCUT2D eigenvalue weighted by atomic mass is 10.0. The third-order valence-corrected chi connectivity index (χ3v) is 6.89. The quantitative estimate of drug-likeness (QED) is 0.249. The maximum atomic E-state index is 13.6. The van der Waals surface area contributed by atoms with Gasteiger partial charge in [-0.2, -0.15) is 0 Å². The summed E-state index contributed by atoms with van der Waals surface area (Å²) in [7, 11) is 0. The van der Waals surface area contributed by atoms with Crippen molar-refractivity contribution in [2.24, 2.45) is 0 Å². The van der Waals surface area contributed by atoms with Crippen molar-refractivity contribution < 1.29 is 4.79 Å². The average Bonchev–Trinajstić information content (AvgIpc) is 3.34. The van der Waals surface area contributed by atoms with Gasteiger partial charge in [-0.25, -0.2) is 4.98 Å². The number of imidazole rings is 1. The van der Waals surface area contributed by atoms with Crippen LogP contribution in [0.5, 0.6) is 0 Å². The zero-order valence-electron chi connectivity index (χ0n) is 17.1. The highest BCUT2D eigenvalue weighted by Crippen LogP contribution is 2.36. The lowest BCUT2D eigenvalue weighted by molar-refractivity contribution is 0.103. The van der Waals surface area contributed by atoms with Gasteiger partial charge < -0.3 is 0 Å². The molecule has 0 unspecified atom stereocenters. The highest BCUT2D eigenvalue weighted by molar-refractivity contribution is 9.10. The Morgan fingerprint density at radius 3 is 2.13 bits per heavy atom. The maximum absolute atomic E-state index is 13.6. The lowest BCUT2D eigenvalue weighted by Crippen LogP contribution is -2.05. The Kier molecular flexibility index (Phi) is 5.08. The molecule has 0 bridgehead atoms. The monoisotopic (exact) mass is 486 g/mol. The number of halogens is 1. The SMILES string of the molecule is Cc1ccc(-c2csc3nc(C(=O)c4ccccc4Br)c(-c4ccc(C)cc4)n23)cc1. The molecule has 0 atom stereocenters. The molecule has 0 fully saturated rings. The molecule has 0 radical (unpaired) electrons. The van der Waals surface area contributed by atoms with Gasteiger partial charge in [0.25, 0.3) is 0 Å². The maximum Gasteiger partial charge on any atom is 0.214 e. The van der Waals surface area contributed by atoms with E-state index in [1.165, 1.54) is 11.1 Å². The van der Waals surface area contributed by atoms with Gasteiger partial charge in [-0.3, -0.25) is 9.20 Å². The molecule has 0 aliphatic heterocycles. The molecule has 0 aliphatic carbocycles. The average molecular weight is 487 g/mol. The summed E-state index contributed by atoms with van der Waals surface area (Å²) in [5, 5.41) is 2.11. The van der Waals surface area contributed by atoms with E-state index >= 15 is 0 Å². The van der Waals surface area contributed by atoms with Crippen LogP contribution >= 0.6 is 27.3 Å². The van der Waals surface area contributed by atoms with Crippen LogP contribution in [0.1, 0.15) is 27.2 Å². The van der Waals surface area contributed by atoms with Crippen LogP contribution in [-0.4, -0.2) is 15.2 Å². The first-order valence-electron chi connectivity index (χ1n) is 9.96. The van der Waals surface area contributed by atoms with E-state index in [-0.39, 0.29) is 5.78 Å². The van der Waals surface area contributed by atoms with E-state index in [0.717, 1.165) is 31.9 Å². The van der Waals surface area contributed by atoms with Crippen molar-refractivity contribution in [3.05, 3.63) is 105 Å². The van der Waals surface area contributed by atoms with Gasteiger partial charge in [0.05, 0.1) is 11.4 Å². The van der Waals surface area contributed by atoms with Gasteiger partial charge in [-0.05, 0) is 31.5 Å². The Morgan fingerprint density at radius 2 is 1.48 bits per heavy atom. The van der Waals surface area contributed by atoms with E-state index in [0.29, 0.717) is 11.3 Å². The van der Waals surface area contributed by atoms with Gasteiger partial charge in [0.15, 0.2) is 4.96 Å². The van der Waals surface area contributed by atoms with Crippen LogP contribution in [0.15, 0.2) is 82.6 Å². The van der Waals surface area contributed by atoms with E-state index < -0.39 is 0 Å². The number of hydrogen-bond acceptors (Lipinski definition) is 3. The van der Waals surface area contributed by atoms with Crippen molar-refractivity contribution in [2.45, 2.75) is 13.8 Å². The fourth-order valence-electron chi connectivity index (χ4n) is 3.69. The molecular formula is C26H19BrN2OS. The summed E-state index contributed by atoms with van der Waals surface area (Å²) in [5.41, 5.74) is 7.40. The van der Waals surface area contributed by atoms with Crippen LogP contribution in [0.3, 0.4) is 0 Å². The number of aromatic nitrogens is 2. The number of hydrogen-bond donors (Lipinski definition) is 0. The van der Waals surface area contributed by atoms with Crippen LogP contribution < -0.4 is 0 Å². The van der Waals surface area contributed by atoms with Crippen LogP contribution in [-0.2, 0) is 0 Å². The van der Waals surface area contributed by atoms with Crippen molar-refractivity contribution in [3.63, 3.8) is 0 Å². The van der Waals surface area contributed by atoms with Crippen LogP contribution in [0.25, 0.3) is 27.5 Å². The molecule has 0 N–H and O–H groups in total. The van der Waals surface area contributed by atoms with Gasteiger partial charge in [0.2, 0.25) is 5.78 Å². The first kappa shape index (κ1) is 19.9. The molecule has 2 aromatic heterocycles. The molecule has 3 nitrogen and oxygen atoms in total. The zero-order valence-corrected chi connectivity index (χ0v) is 19.5. The summed E-state index contributed by atoms with van der Waals surface area (Å²) in [6.45, 7) is 4.14. The Morgan fingerprint density at radius 1 is 0.871 bits per heavy atom. The number of fused-ring (bicyclic) bond motifs is 1. The Hall–Kier alpha value is -3.02. The molecule has 152 valence electrons. The molecule has 0 aliphatic rings. The fourth-order valence-corrected chi connectivity index (χ4v) is 5.06. The summed E-state index contributed by atoms with van der Waals surface area (Å²) < 4.78 is 2.88. The summed E-state index contributed by atoms with van der Waals surface area (Å²) >= 11 is 5.07. The minimum atomic E-state index is -0.0891. The third kappa shape index (κ3) is 3.54. The highest BCUT2D eigenvalue weighted by atomic mass is 79.9. The summed E-state index contributed by atoms with van der Waals surface area (Å²) in [6, 6.07) is 24.2. The standard InChI is InChI=1S/C26H19BrN2OS/c1-16-7-11-18(12-8-16)22-15-31-26-28-23(25(30)20-5-3-4-6-21(20)27)24(29(22)26)19-13-9-17(2)10-14-19/h3-15H,1-2H3. The number of carbonyl (C=O) groups excluding carboxylic acids is 1. The van der Waals surface area contributed by atoms with Crippen molar-refractivity contribution in [3.8, 4) is 22.5 Å². The van der Waals surface area contributed by atoms with Gasteiger partial charge in [-0.15, -0.1) is 11.3 Å². The molecule has 5 heteroatoms. The second-order valence-corrected chi connectivity index (χ2v) is 9.28. The van der Waals surface area contributed by atoms with Crippen LogP contribution in [0, 0.1) is 13.8 Å². The van der Waals surface area contributed by atoms with Gasteiger partial charge in [0.1, 0.15) is 5.69 Å². The van der Waals surface area contributed by atoms with Gasteiger partial charge in [0, 0.05) is 21.0 Å². The molecular weight excluding hydrogens is 468 g/mol. The molecule has 5 rings (SSSR count). The normalized spacial score (nSPS) is 11.2. The Bertz CT molecular complexity index is 1410. The molecule has 0 spiro atoms. The van der Waals surface area contributed by atoms with E-state index in [2.05, 4.69) is 88.1 Å². The predicted molar refractivity (Wildman–Crippen MR) is 131 cm³/mol. The van der Waals surface area contributed by atoms with E-state index in [4.69, 9.17) is 4.98 Å².